The monoisotopic (exact) mass is 305 g/mol. The Hall–Kier alpha value is -2.07. The van der Waals surface area contributed by atoms with E-state index in [0.29, 0.717) is 11.4 Å². The first-order chi connectivity index (χ1) is 9.95. The summed E-state index contributed by atoms with van der Waals surface area (Å²) in [5.41, 5.74) is 0.372. The lowest BCUT2D eigenvalue weighted by Crippen LogP contribution is -2.45. The molecule has 0 bridgehead atoms. The Labute approximate surface area is 128 Å². The summed E-state index contributed by atoms with van der Waals surface area (Å²) in [5, 5.41) is 3.04. The zero-order chi connectivity index (χ0) is 15.5. The number of allylic oxidation sites excluding steroid dienone is 3. The van der Waals surface area contributed by atoms with E-state index >= 15 is 0 Å². The van der Waals surface area contributed by atoms with Crippen molar-refractivity contribution in [2.75, 3.05) is 5.88 Å². The Bertz CT molecular complexity index is 636. The predicted molar refractivity (Wildman–Crippen MR) is 81.3 cm³/mol. The largest absolute Gasteiger partial charge is 0.432 e. The van der Waals surface area contributed by atoms with Crippen LogP contribution in [0.3, 0.4) is 0 Å². The van der Waals surface area contributed by atoms with E-state index in [1.807, 2.05) is 6.08 Å². The molecule has 1 aromatic rings. The molecule has 0 saturated carbocycles. The standard InChI is InChI=1S/C16H16ClNO3/c1-11(19)13-7-3-4-8-14(13)15(20)21-16(2)9-5-6-12(10-17)18-16/h3-9,18H,10H2,1-2H3. The minimum atomic E-state index is -0.986. The van der Waals surface area contributed by atoms with Crippen LogP contribution in [0.2, 0.25) is 0 Å². The topological polar surface area (TPSA) is 55.4 Å². The van der Waals surface area contributed by atoms with Crippen LogP contribution >= 0.6 is 11.6 Å². The quantitative estimate of drug-likeness (QED) is 0.528. The molecule has 0 aliphatic carbocycles. The van der Waals surface area contributed by atoms with E-state index in [1.165, 1.54) is 6.92 Å². The first-order valence-corrected chi connectivity index (χ1v) is 7.04. The van der Waals surface area contributed by atoms with E-state index < -0.39 is 11.7 Å². The van der Waals surface area contributed by atoms with E-state index in [4.69, 9.17) is 16.3 Å². The molecule has 0 amide bonds. The fraction of sp³-hybridized carbons (Fsp3) is 0.250. The Morgan fingerprint density at radius 1 is 1.29 bits per heavy atom. The van der Waals surface area contributed by atoms with Crippen LogP contribution in [-0.2, 0) is 4.74 Å². The lowest BCUT2D eigenvalue weighted by Gasteiger charge is -2.31. The van der Waals surface area contributed by atoms with Crippen LogP contribution in [0.25, 0.3) is 0 Å². The van der Waals surface area contributed by atoms with E-state index in [0.717, 1.165) is 5.70 Å². The Balaban J connectivity index is 2.21. The summed E-state index contributed by atoms with van der Waals surface area (Å²) in [6.07, 6.45) is 5.31. The summed E-state index contributed by atoms with van der Waals surface area (Å²) < 4.78 is 5.50. The number of ether oxygens (including phenoxy) is 1. The number of carbonyl (C=O) groups is 2. The van der Waals surface area contributed by atoms with Crippen LogP contribution < -0.4 is 5.32 Å². The maximum absolute atomic E-state index is 12.3. The summed E-state index contributed by atoms with van der Waals surface area (Å²) >= 11 is 5.78. The van der Waals surface area contributed by atoms with Gasteiger partial charge in [-0.25, -0.2) is 4.79 Å². The first-order valence-electron chi connectivity index (χ1n) is 6.51. The Morgan fingerprint density at radius 3 is 2.57 bits per heavy atom. The highest BCUT2D eigenvalue weighted by molar-refractivity contribution is 6.19. The summed E-state index contributed by atoms with van der Waals surface area (Å²) in [6, 6.07) is 6.59. The van der Waals surface area contributed by atoms with Crippen LogP contribution in [0.15, 0.2) is 48.2 Å². The van der Waals surface area contributed by atoms with E-state index in [9.17, 15) is 9.59 Å². The molecular weight excluding hydrogens is 290 g/mol. The molecule has 1 aliphatic heterocycles. The number of hydrogen-bond acceptors (Lipinski definition) is 4. The number of nitrogens with one attached hydrogen (secondary N) is 1. The van der Waals surface area contributed by atoms with E-state index in [2.05, 4.69) is 5.32 Å². The number of benzene rings is 1. The minimum Gasteiger partial charge on any atom is -0.432 e. The number of carbonyl (C=O) groups excluding carboxylic acids is 2. The molecule has 0 saturated heterocycles. The van der Waals surface area contributed by atoms with Gasteiger partial charge in [-0.15, -0.1) is 11.6 Å². The van der Waals surface area contributed by atoms with Gasteiger partial charge in [-0.3, -0.25) is 4.79 Å². The molecule has 0 aromatic heterocycles. The van der Waals surface area contributed by atoms with Crippen LogP contribution in [-0.4, -0.2) is 23.4 Å². The van der Waals surface area contributed by atoms with Crippen LogP contribution in [0.1, 0.15) is 34.6 Å². The molecule has 4 nitrogen and oxygen atoms in total. The van der Waals surface area contributed by atoms with Crippen molar-refractivity contribution in [3.05, 3.63) is 59.3 Å². The average Bonchev–Trinajstić information content (AvgIpc) is 2.46. The van der Waals surface area contributed by atoms with Crippen molar-refractivity contribution in [2.45, 2.75) is 19.6 Å². The van der Waals surface area contributed by atoms with Crippen molar-refractivity contribution in [1.29, 1.82) is 0 Å². The molecule has 21 heavy (non-hydrogen) atoms. The second kappa shape index (κ2) is 6.14. The summed E-state index contributed by atoms with van der Waals surface area (Å²) in [6.45, 7) is 3.14. The molecule has 1 aliphatic rings. The molecule has 0 spiro atoms. The van der Waals surface area contributed by atoms with Gasteiger partial charge in [0.2, 0.25) is 5.72 Å². The molecular formula is C16H16ClNO3. The molecule has 1 unspecified atom stereocenters. The highest BCUT2D eigenvalue weighted by Gasteiger charge is 2.29. The summed E-state index contributed by atoms with van der Waals surface area (Å²) in [5.74, 6) is -0.445. The van der Waals surface area contributed by atoms with Gasteiger partial charge >= 0.3 is 5.97 Å². The van der Waals surface area contributed by atoms with Gasteiger partial charge < -0.3 is 10.1 Å². The van der Waals surface area contributed by atoms with E-state index in [-0.39, 0.29) is 11.3 Å². The van der Waals surface area contributed by atoms with Crippen molar-refractivity contribution < 1.29 is 14.3 Å². The van der Waals surface area contributed by atoms with Crippen molar-refractivity contribution in [3.8, 4) is 0 Å². The number of alkyl halides is 1. The first kappa shape index (κ1) is 15.3. The lowest BCUT2D eigenvalue weighted by atomic mass is 10.0. The number of rotatable bonds is 4. The molecule has 1 N–H and O–H groups in total. The van der Waals surface area contributed by atoms with Crippen LogP contribution in [0, 0.1) is 0 Å². The zero-order valence-electron chi connectivity index (χ0n) is 11.9. The molecule has 1 aromatic carbocycles. The number of ketones is 1. The maximum Gasteiger partial charge on any atom is 0.341 e. The van der Waals surface area contributed by atoms with Gasteiger partial charge in [0.15, 0.2) is 5.78 Å². The number of Topliss-reactive ketones (excluding diaryl/α,β-unsaturated/α-hetero) is 1. The fourth-order valence-electron chi connectivity index (χ4n) is 2.10. The molecule has 0 radical (unpaired) electrons. The third-order valence-corrected chi connectivity index (χ3v) is 3.38. The van der Waals surface area contributed by atoms with Crippen LogP contribution in [0.5, 0.6) is 0 Å². The smallest absolute Gasteiger partial charge is 0.341 e. The molecule has 2 rings (SSSR count). The molecule has 1 atom stereocenters. The maximum atomic E-state index is 12.3. The zero-order valence-corrected chi connectivity index (χ0v) is 12.6. The average molecular weight is 306 g/mol. The minimum absolute atomic E-state index is 0.179. The number of halogens is 1. The second-order valence-corrected chi connectivity index (χ2v) is 5.18. The predicted octanol–water partition coefficient (Wildman–Crippen LogP) is 3.04. The number of hydrogen-bond donors (Lipinski definition) is 1. The van der Waals surface area contributed by atoms with Gasteiger partial charge in [-0.05, 0) is 32.1 Å². The molecule has 1 heterocycles. The normalized spacial score (nSPS) is 20.4. The van der Waals surface area contributed by atoms with Gasteiger partial charge in [-0.1, -0.05) is 24.3 Å². The van der Waals surface area contributed by atoms with E-state index in [1.54, 1.807) is 43.3 Å². The Kier molecular flexibility index (Phi) is 4.48. The van der Waals surface area contributed by atoms with Gasteiger partial charge in [0.1, 0.15) is 0 Å². The highest BCUT2D eigenvalue weighted by Crippen LogP contribution is 2.20. The van der Waals surface area contributed by atoms with Crippen molar-refractivity contribution in [1.82, 2.24) is 5.32 Å². The van der Waals surface area contributed by atoms with Gasteiger partial charge in [0, 0.05) is 11.3 Å². The van der Waals surface area contributed by atoms with Crippen LogP contribution in [0.4, 0.5) is 0 Å². The number of esters is 1. The summed E-state index contributed by atoms with van der Waals surface area (Å²) in [7, 11) is 0. The fourth-order valence-corrected chi connectivity index (χ4v) is 2.26. The van der Waals surface area contributed by atoms with Gasteiger partial charge in [0.25, 0.3) is 0 Å². The third-order valence-electron chi connectivity index (χ3n) is 3.10. The van der Waals surface area contributed by atoms with Gasteiger partial charge in [0.05, 0.1) is 11.4 Å². The molecule has 110 valence electrons. The SMILES string of the molecule is CC(=O)c1ccccc1C(=O)OC1(C)C=CC=C(CCl)N1. The second-order valence-electron chi connectivity index (χ2n) is 4.91. The third kappa shape index (κ3) is 3.52. The highest BCUT2D eigenvalue weighted by atomic mass is 35.5. The summed E-state index contributed by atoms with van der Waals surface area (Å²) in [4.78, 5) is 23.9. The van der Waals surface area contributed by atoms with Crippen molar-refractivity contribution >= 4 is 23.4 Å². The Morgan fingerprint density at radius 2 is 1.95 bits per heavy atom. The lowest BCUT2D eigenvalue weighted by molar-refractivity contribution is 0.000973. The van der Waals surface area contributed by atoms with Crippen molar-refractivity contribution in [2.24, 2.45) is 0 Å². The molecule has 5 heteroatoms. The van der Waals surface area contributed by atoms with Gasteiger partial charge in [-0.2, -0.15) is 0 Å². The number of dihydropyridines is 1. The van der Waals surface area contributed by atoms with Crippen molar-refractivity contribution in [3.63, 3.8) is 0 Å². The molecule has 0 fully saturated rings.